The first-order valence-corrected chi connectivity index (χ1v) is 4.01. The van der Waals surface area contributed by atoms with Gasteiger partial charge in [-0.25, -0.2) is 0 Å². The zero-order chi connectivity index (χ0) is 6.78. The van der Waals surface area contributed by atoms with E-state index in [4.69, 9.17) is 10.4 Å². The lowest BCUT2D eigenvalue weighted by atomic mass is 10.5. The van der Waals surface area contributed by atoms with Gasteiger partial charge in [-0.15, -0.1) is 0 Å². The molecule has 0 spiro atoms. The zero-order valence-corrected chi connectivity index (χ0v) is 8.36. The maximum absolute atomic E-state index is 8.69. The van der Waals surface area contributed by atoms with Crippen LogP contribution in [0.4, 0.5) is 0 Å². The highest BCUT2D eigenvalue weighted by Crippen LogP contribution is 2.36. The Hall–Kier alpha value is 0.890. The Morgan fingerprint density at radius 1 is 1.50 bits per heavy atom. The van der Waals surface area contributed by atoms with Crippen LogP contribution in [0.15, 0.2) is 0 Å². The Labute approximate surface area is 72.3 Å². The van der Waals surface area contributed by atoms with Crippen molar-refractivity contribution < 1.29 is 5.11 Å². The standard InChI is InChI=1S/C3H2Br3NO/c4-3(5,6)2(8)1-7/h2,8H. The quantitative estimate of drug-likeness (QED) is 0.547. The molecule has 5 heteroatoms. The summed E-state index contributed by atoms with van der Waals surface area (Å²) >= 11 is 8.89. The van der Waals surface area contributed by atoms with Crippen LogP contribution in [0.1, 0.15) is 0 Å². The Bertz CT molecular complexity index is 113. The number of hydrogen-bond acceptors (Lipinski definition) is 2. The molecule has 0 aliphatic rings. The van der Waals surface area contributed by atoms with Gasteiger partial charge in [0.1, 0.15) is 0 Å². The summed E-state index contributed by atoms with van der Waals surface area (Å²) in [5.41, 5.74) is 0. The highest BCUT2D eigenvalue weighted by molar-refractivity contribution is 9.39. The van der Waals surface area contributed by atoms with Crippen LogP contribution in [0.25, 0.3) is 0 Å². The molecule has 0 amide bonds. The third kappa shape index (κ3) is 3.02. The van der Waals surface area contributed by atoms with Gasteiger partial charge in [0.2, 0.25) is 0 Å². The highest BCUT2D eigenvalue weighted by atomic mass is 80.0. The molecule has 0 bridgehead atoms. The molecule has 0 saturated carbocycles. The predicted molar refractivity (Wildman–Crippen MR) is 41.1 cm³/mol. The summed E-state index contributed by atoms with van der Waals surface area (Å²) in [5, 5.41) is 16.8. The maximum Gasteiger partial charge on any atom is 0.175 e. The molecule has 1 unspecified atom stereocenters. The predicted octanol–water partition coefficient (Wildman–Crippen LogP) is 1.71. The van der Waals surface area contributed by atoms with Crippen LogP contribution in [-0.4, -0.2) is 13.4 Å². The van der Waals surface area contributed by atoms with E-state index in [9.17, 15) is 0 Å². The molecule has 2 nitrogen and oxygen atoms in total. The summed E-state index contributed by atoms with van der Waals surface area (Å²) in [6.45, 7) is 0. The summed E-state index contributed by atoms with van der Waals surface area (Å²) < 4.78 is -0.859. The average Bonchev–Trinajstić information content (AvgIpc) is 1.62. The van der Waals surface area contributed by atoms with Crippen molar-refractivity contribution in [1.82, 2.24) is 0 Å². The van der Waals surface area contributed by atoms with Gasteiger partial charge in [-0.2, -0.15) is 5.26 Å². The number of nitrogens with zero attached hydrogens (tertiary/aromatic N) is 1. The molecule has 0 fully saturated rings. The Kier molecular flexibility index (Phi) is 3.51. The molecule has 0 aliphatic heterocycles. The van der Waals surface area contributed by atoms with Crippen LogP contribution < -0.4 is 0 Å². The van der Waals surface area contributed by atoms with E-state index >= 15 is 0 Å². The van der Waals surface area contributed by atoms with E-state index in [1.54, 1.807) is 6.07 Å². The van der Waals surface area contributed by atoms with Gasteiger partial charge in [-0.05, 0) is 0 Å². The molecule has 0 aromatic carbocycles. The van der Waals surface area contributed by atoms with Crippen LogP contribution in [-0.2, 0) is 0 Å². The fraction of sp³-hybridized carbons (Fsp3) is 0.667. The van der Waals surface area contributed by atoms with Crippen LogP contribution in [0.3, 0.4) is 0 Å². The third-order valence-electron chi connectivity index (χ3n) is 0.432. The molecular formula is C3H2Br3NO. The molecule has 0 rings (SSSR count). The Morgan fingerprint density at radius 3 is 1.88 bits per heavy atom. The number of hydrogen-bond donors (Lipinski definition) is 1. The summed E-state index contributed by atoms with van der Waals surface area (Å²) in [6, 6.07) is 1.62. The van der Waals surface area contributed by atoms with Crippen molar-refractivity contribution in [2.75, 3.05) is 0 Å². The van der Waals surface area contributed by atoms with Gasteiger partial charge in [0.25, 0.3) is 0 Å². The SMILES string of the molecule is N#CC(O)C(Br)(Br)Br. The van der Waals surface area contributed by atoms with Crippen molar-refractivity contribution in [2.24, 2.45) is 0 Å². The van der Waals surface area contributed by atoms with Gasteiger partial charge in [-0.3, -0.25) is 0 Å². The summed E-state index contributed by atoms with van der Waals surface area (Å²) in [6.07, 6.45) is -1.09. The molecule has 8 heavy (non-hydrogen) atoms. The molecule has 46 valence electrons. The van der Waals surface area contributed by atoms with Crippen molar-refractivity contribution in [3.8, 4) is 6.07 Å². The van der Waals surface area contributed by atoms with E-state index in [-0.39, 0.29) is 0 Å². The number of alkyl halides is 3. The lowest BCUT2D eigenvalue weighted by Gasteiger charge is -2.11. The minimum Gasteiger partial charge on any atom is -0.375 e. The van der Waals surface area contributed by atoms with Gasteiger partial charge >= 0.3 is 0 Å². The molecule has 0 aromatic rings. The van der Waals surface area contributed by atoms with Crippen LogP contribution >= 0.6 is 47.8 Å². The van der Waals surface area contributed by atoms with Crippen LogP contribution in [0.2, 0.25) is 0 Å². The topological polar surface area (TPSA) is 44.0 Å². The van der Waals surface area contributed by atoms with E-state index in [1.165, 1.54) is 0 Å². The Morgan fingerprint density at radius 2 is 1.88 bits per heavy atom. The summed E-state index contributed by atoms with van der Waals surface area (Å²) in [7, 11) is 0. The average molecular weight is 308 g/mol. The fourth-order valence-corrected chi connectivity index (χ4v) is 0.380. The molecule has 1 atom stereocenters. The van der Waals surface area contributed by atoms with Crippen molar-refractivity contribution >= 4 is 47.8 Å². The van der Waals surface area contributed by atoms with Gasteiger partial charge in [-0.1, -0.05) is 47.8 Å². The van der Waals surface area contributed by atoms with E-state index in [0.717, 1.165) is 0 Å². The monoisotopic (exact) mass is 305 g/mol. The van der Waals surface area contributed by atoms with Crippen molar-refractivity contribution in [3.05, 3.63) is 0 Å². The Balaban J connectivity index is 3.87. The van der Waals surface area contributed by atoms with Gasteiger partial charge in [0.05, 0.1) is 6.07 Å². The summed E-state index contributed by atoms with van der Waals surface area (Å²) in [4.78, 5) is 0. The second-order valence-corrected chi connectivity index (χ2v) is 8.02. The lowest BCUT2D eigenvalue weighted by Crippen LogP contribution is -2.20. The largest absolute Gasteiger partial charge is 0.375 e. The minimum absolute atomic E-state index is 0.859. The minimum atomic E-state index is -1.09. The van der Waals surface area contributed by atoms with E-state index in [2.05, 4.69) is 47.8 Å². The zero-order valence-electron chi connectivity index (χ0n) is 3.61. The van der Waals surface area contributed by atoms with Crippen molar-refractivity contribution in [3.63, 3.8) is 0 Å². The van der Waals surface area contributed by atoms with Crippen molar-refractivity contribution in [1.29, 1.82) is 5.26 Å². The second kappa shape index (κ2) is 3.16. The first-order valence-electron chi connectivity index (χ1n) is 1.63. The number of nitriles is 1. The van der Waals surface area contributed by atoms with Gasteiger partial charge in [0.15, 0.2) is 8.25 Å². The number of aliphatic hydroxyl groups is 1. The number of halogens is 3. The van der Waals surface area contributed by atoms with E-state index in [1.807, 2.05) is 0 Å². The second-order valence-electron chi connectivity index (χ2n) is 1.07. The molecule has 0 radical (unpaired) electrons. The number of rotatable bonds is 0. The molecule has 0 aromatic heterocycles. The molecule has 0 saturated heterocycles. The van der Waals surface area contributed by atoms with Gasteiger partial charge < -0.3 is 5.11 Å². The van der Waals surface area contributed by atoms with E-state index < -0.39 is 8.25 Å². The third-order valence-corrected chi connectivity index (χ3v) is 1.73. The van der Waals surface area contributed by atoms with E-state index in [0.29, 0.717) is 0 Å². The fourth-order valence-electron chi connectivity index (χ4n) is 0.0732. The summed E-state index contributed by atoms with van der Waals surface area (Å²) in [5.74, 6) is 0. The first kappa shape index (κ1) is 8.89. The highest BCUT2D eigenvalue weighted by Gasteiger charge is 2.28. The van der Waals surface area contributed by atoms with Crippen LogP contribution in [0, 0.1) is 11.3 Å². The molecule has 0 aliphatic carbocycles. The maximum atomic E-state index is 8.69. The first-order chi connectivity index (χ1) is 3.48. The van der Waals surface area contributed by atoms with Crippen molar-refractivity contribution in [2.45, 2.75) is 8.25 Å². The lowest BCUT2D eigenvalue weighted by molar-refractivity contribution is 0.245. The smallest absolute Gasteiger partial charge is 0.175 e. The molecule has 1 N–H and O–H groups in total. The molecule has 0 heterocycles. The van der Waals surface area contributed by atoms with Gasteiger partial charge in [0, 0.05) is 0 Å². The molecular weight excluding hydrogens is 306 g/mol. The number of aliphatic hydroxyl groups excluding tert-OH is 1. The van der Waals surface area contributed by atoms with Crippen LogP contribution in [0.5, 0.6) is 0 Å². The normalized spacial score (nSPS) is 14.9.